The van der Waals surface area contributed by atoms with Gasteiger partial charge in [-0.25, -0.2) is 0 Å². The van der Waals surface area contributed by atoms with Crippen LogP contribution >= 0.6 is 0 Å². The van der Waals surface area contributed by atoms with Gasteiger partial charge in [0.05, 0.1) is 6.04 Å². The van der Waals surface area contributed by atoms with E-state index >= 15 is 0 Å². The molecule has 2 aromatic rings. The van der Waals surface area contributed by atoms with Gasteiger partial charge in [-0.15, -0.1) is 0 Å². The number of aryl methyl sites for hydroxylation is 2. The minimum absolute atomic E-state index is 0.0529. The summed E-state index contributed by atoms with van der Waals surface area (Å²) in [6, 6.07) is 6.49. The van der Waals surface area contributed by atoms with Gasteiger partial charge >= 0.3 is 0 Å². The maximum atomic E-state index is 6.68. The Labute approximate surface area is 129 Å². The average Bonchev–Trinajstić information content (AvgIpc) is 2.45. The minimum Gasteiger partial charge on any atom is -0.320 e. The highest BCUT2D eigenvalue weighted by Crippen LogP contribution is 2.33. The van der Waals surface area contributed by atoms with Crippen LogP contribution in [-0.2, 0) is 0 Å². The van der Waals surface area contributed by atoms with Crippen molar-refractivity contribution >= 4 is 0 Å². The highest BCUT2D eigenvalue weighted by molar-refractivity contribution is 5.53. The van der Waals surface area contributed by atoms with Gasteiger partial charge in [0, 0.05) is 0 Å². The summed E-state index contributed by atoms with van der Waals surface area (Å²) in [4.78, 5) is 0. The van der Waals surface area contributed by atoms with Crippen LogP contribution in [0.1, 0.15) is 56.1 Å². The number of hydrogen-bond acceptors (Lipinski definition) is 1. The van der Waals surface area contributed by atoms with Gasteiger partial charge in [-0.2, -0.15) is 0 Å². The first kappa shape index (κ1) is 15.8. The lowest BCUT2D eigenvalue weighted by Crippen LogP contribution is -2.18. The quantitative estimate of drug-likeness (QED) is 0.833. The van der Waals surface area contributed by atoms with Crippen LogP contribution in [0.5, 0.6) is 0 Å². The van der Waals surface area contributed by atoms with Crippen molar-refractivity contribution < 1.29 is 0 Å². The molecular formula is C20H27N. The molecule has 1 atom stereocenters. The van der Waals surface area contributed by atoms with Crippen LogP contribution in [0.3, 0.4) is 0 Å². The summed E-state index contributed by atoms with van der Waals surface area (Å²) in [5.41, 5.74) is 18.5. The van der Waals surface area contributed by atoms with E-state index in [1.165, 1.54) is 50.1 Å². The molecule has 0 aliphatic rings. The van der Waals surface area contributed by atoms with Crippen molar-refractivity contribution in [1.29, 1.82) is 0 Å². The van der Waals surface area contributed by atoms with Crippen LogP contribution in [0, 0.1) is 48.5 Å². The number of hydrogen-bond donors (Lipinski definition) is 1. The van der Waals surface area contributed by atoms with Gasteiger partial charge in [-0.05, 0) is 93.0 Å². The Bertz CT molecular complexity index is 666. The van der Waals surface area contributed by atoms with Crippen molar-refractivity contribution in [1.82, 2.24) is 0 Å². The lowest BCUT2D eigenvalue weighted by molar-refractivity contribution is 0.833. The molecule has 21 heavy (non-hydrogen) atoms. The van der Waals surface area contributed by atoms with Gasteiger partial charge < -0.3 is 5.73 Å². The number of benzene rings is 2. The van der Waals surface area contributed by atoms with Crippen molar-refractivity contribution in [2.75, 3.05) is 0 Å². The second-order valence-electron chi connectivity index (χ2n) is 6.38. The molecular weight excluding hydrogens is 254 g/mol. The summed E-state index contributed by atoms with van der Waals surface area (Å²) < 4.78 is 0. The monoisotopic (exact) mass is 281 g/mol. The lowest BCUT2D eigenvalue weighted by Gasteiger charge is -2.24. The van der Waals surface area contributed by atoms with Gasteiger partial charge in [-0.1, -0.05) is 23.8 Å². The SMILES string of the molecule is Cc1ccc(C)c(C(N)c2c(C)c(C)c(C)c(C)c2C)c1. The number of rotatable bonds is 2. The van der Waals surface area contributed by atoms with Crippen LogP contribution < -0.4 is 5.73 Å². The van der Waals surface area contributed by atoms with Crippen molar-refractivity contribution in [3.05, 3.63) is 68.3 Å². The Kier molecular flexibility index (Phi) is 4.25. The molecule has 0 amide bonds. The van der Waals surface area contributed by atoms with Gasteiger partial charge in [0.25, 0.3) is 0 Å². The molecule has 0 bridgehead atoms. The zero-order valence-electron chi connectivity index (χ0n) is 14.4. The maximum Gasteiger partial charge on any atom is 0.0559 e. The van der Waals surface area contributed by atoms with Crippen LogP contribution in [0.15, 0.2) is 18.2 Å². The molecule has 0 heterocycles. The third-order valence-electron chi connectivity index (χ3n) is 5.14. The molecule has 0 saturated heterocycles. The van der Waals surface area contributed by atoms with E-state index in [0.29, 0.717) is 0 Å². The van der Waals surface area contributed by atoms with Crippen LogP contribution in [-0.4, -0.2) is 0 Å². The molecule has 0 radical (unpaired) electrons. The van der Waals surface area contributed by atoms with Crippen molar-refractivity contribution in [3.8, 4) is 0 Å². The summed E-state index contributed by atoms with van der Waals surface area (Å²) in [6.07, 6.45) is 0. The standard InChI is InChI=1S/C20H27N/c1-11-8-9-12(2)18(10-11)20(21)19-16(6)14(4)13(3)15(5)17(19)7/h8-10,20H,21H2,1-7H3. The molecule has 0 spiro atoms. The molecule has 0 fully saturated rings. The predicted molar refractivity (Wildman–Crippen MR) is 92.1 cm³/mol. The molecule has 1 unspecified atom stereocenters. The van der Waals surface area contributed by atoms with E-state index in [1.54, 1.807) is 0 Å². The normalized spacial score (nSPS) is 12.6. The lowest BCUT2D eigenvalue weighted by atomic mass is 9.83. The van der Waals surface area contributed by atoms with Crippen LogP contribution in [0.25, 0.3) is 0 Å². The molecule has 1 nitrogen and oxygen atoms in total. The second kappa shape index (κ2) is 5.65. The minimum atomic E-state index is -0.0529. The summed E-state index contributed by atoms with van der Waals surface area (Å²) in [5.74, 6) is 0. The Morgan fingerprint density at radius 3 is 1.71 bits per heavy atom. The van der Waals surface area contributed by atoms with Gasteiger partial charge in [0.1, 0.15) is 0 Å². The molecule has 1 heteroatoms. The van der Waals surface area contributed by atoms with Gasteiger partial charge in [-0.3, -0.25) is 0 Å². The molecule has 0 aliphatic heterocycles. The fourth-order valence-corrected chi connectivity index (χ4v) is 3.25. The van der Waals surface area contributed by atoms with E-state index in [9.17, 15) is 0 Å². The topological polar surface area (TPSA) is 26.0 Å². The maximum absolute atomic E-state index is 6.68. The molecule has 0 aromatic heterocycles. The number of nitrogens with two attached hydrogens (primary N) is 1. The first-order valence-corrected chi connectivity index (χ1v) is 7.65. The van der Waals surface area contributed by atoms with Crippen molar-refractivity contribution in [2.45, 2.75) is 54.5 Å². The average molecular weight is 281 g/mol. The molecule has 0 saturated carbocycles. The van der Waals surface area contributed by atoms with Gasteiger partial charge in [0.2, 0.25) is 0 Å². The molecule has 0 aliphatic carbocycles. The fourth-order valence-electron chi connectivity index (χ4n) is 3.25. The van der Waals surface area contributed by atoms with Crippen molar-refractivity contribution in [3.63, 3.8) is 0 Å². The molecule has 2 N–H and O–H groups in total. The predicted octanol–water partition coefficient (Wildman–Crippen LogP) is 4.89. The first-order chi connectivity index (χ1) is 9.75. The largest absolute Gasteiger partial charge is 0.320 e. The van der Waals surface area contributed by atoms with Crippen molar-refractivity contribution in [2.24, 2.45) is 5.73 Å². The van der Waals surface area contributed by atoms with E-state index < -0.39 is 0 Å². The van der Waals surface area contributed by atoms with Crippen LogP contribution in [0.4, 0.5) is 0 Å². The van der Waals surface area contributed by atoms with E-state index in [1.807, 2.05) is 0 Å². The third kappa shape index (κ3) is 2.63. The van der Waals surface area contributed by atoms with Gasteiger partial charge in [0.15, 0.2) is 0 Å². The summed E-state index contributed by atoms with van der Waals surface area (Å²) in [7, 11) is 0. The second-order valence-corrected chi connectivity index (χ2v) is 6.38. The summed E-state index contributed by atoms with van der Waals surface area (Å²) >= 11 is 0. The summed E-state index contributed by atoms with van der Waals surface area (Å²) in [5, 5.41) is 0. The van der Waals surface area contributed by atoms with Crippen LogP contribution in [0.2, 0.25) is 0 Å². The zero-order chi connectivity index (χ0) is 15.9. The Morgan fingerprint density at radius 2 is 1.19 bits per heavy atom. The molecule has 112 valence electrons. The highest BCUT2D eigenvalue weighted by Gasteiger charge is 2.20. The third-order valence-corrected chi connectivity index (χ3v) is 5.14. The smallest absolute Gasteiger partial charge is 0.0559 e. The Balaban J connectivity index is 2.69. The van der Waals surface area contributed by atoms with E-state index in [-0.39, 0.29) is 6.04 Å². The van der Waals surface area contributed by atoms with E-state index in [0.717, 1.165) is 0 Å². The first-order valence-electron chi connectivity index (χ1n) is 7.65. The van der Waals surface area contributed by atoms with E-state index in [2.05, 4.69) is 66.7 Å². The highest BCUT2D eigenvalue weighted by atomic mass is 14.6. The fraction of sp³-hybridized carbons (Fsp3) is 0.400. The molecule has 2 rings (SSSR count). The van der Waals surface area contributed by atoms with E-state index in [4.69, 9.17) is 5.73 Å². The molecule has 2 aromatic carbocycles. The Hall–Kier alpha value is -1.60. The summed E-state index contributed by atoms with van der Waals surface area (Å²) in [6.45, 7) is 15.3. The zero-order valence-corrected chi connectivity index (χ0v) is 14.4. The Morgan fingerprint density at radius 1 is 0.714 bits per heavy atom.